The molecule has 5 nitrogen and oxygen atoms in total. The summed E-state index contributed by atoms with van der Waals surface area (Å²) < 4.78 is 34.9. The Labute approximate surface area is 125 Å². The van der Waals surface area contributed by atoms with Gasteiger partial charge in [0.15, 0.2) is 9.84 Å². The summed E-state index contributed by atoms with van der Waals surface area (Å²) in [5.74, 6) is 0.792. The summed E-state index contributed by atoms with van der Waals surface area (Å²) in [4.78, 5) is 0. The SMILES string of the molecule is CNC(CS(=O)(=O)CCCOC)c1cc2ccccc2o1. The van der Waals surface area contributed by atoms with E-state index in [1.54, 1.807) is 14.2 Å². The van der Waals surface area contributed by atoms with Crippen molar-refractivity contribution in [2.24, 2.45) is 0 Å². The molecule has 0 radical (unpaired) electrons. The van der Waals surface area contributed by atoms with Crippen molar-refractivity contribution in [1.82, 2.24) is 5.32 Å². The Morgan fingerprint density at radius 3 is 2.76 bits per heavy atom. The van der Waals surface area contributed by atoms with Crippen molar-refractivity contribution in [2.45, 2.75) is 12.5 Å². The monoisotopic (exact) mass is 311 g/mol. The summed E-state index contributed by atoms with van der Waals surface area (Å²) >= 11 is 0. The smallest absolute Gasteiger partial charge is 0.152 e. The van der Waals surface area contributed by atoms with Crippen LogP contribution in [0.4, 0.5) is 0 Å². The number of rotatable bonds is 8. The Kier molecular flexibility index (Phi) is 5.39. The van der Waals surface area contributed by atoms with E-state index in [4.69, 9.17) is 9.15 Å². The molecule has 0 fully saturated rings. The van der Waals surface area contributed by atoms with Gasteiger partial charge in [0, 0.05) is 19.1 Å². The standard InChI is InChI=1S/C15H21NO4S/c1-16-13(11-21(17,18)9-5-8-19-2)15-10-12-6-3-4-7-14(12)20-15/h3-4,6-7,10,13,16H,5,8-9,11H2,1-2H3. The van der Waals surface area contributed by atoms with Crippen molar-refractivity contribution >= 4 is 20.8 Å². The van der Waals surface area contributed by atoms with Crippen molar-refractivity contribution in [3.8, 4) is 0 Å². The van der Waals surface area contributed by atoms with Crippen LogP contribution in [0.15, 0.2) is 34.7 Å². The van der Waals surface area contributed by atoms with E-state index < -0.39 is 9.84 Å². The van der Waals surface area contributed by atoms with Crippen LogP contribution in [0.25, 0.3) is 11.0 Å². The Hall–Kier alpha value is -1.37. The second-order valence-electron chi connectivity index (χ2n) is 4.99. The van der Waals surface area contributed by atoms with E-state index in [0.717, 1.165) is 11.0 Å². The predicted molar refractivity (Wildman–Crippen MR) is 83.2 cm³/mol. The van der Waals surface area contributed by atoms with Gasteiger partial charge in [-0.15, -0.1) is 0 Å². The Balaban J connectivity index is 2.12. The highest BCUT2D eigenvalue weighted by molar-refractivity contribution is 7.91. The number of ether oxygens (including phenoxy) is 1. The lowest BCUT2D eigenvalue weighted by Gasteiger charge is -2.13. The van der Waals surface area contributed by atoms with Gasteiger partial charge in [-0.3, -0.25) is 0 Å². The molecule has 0 saturated carbocycles. The minimum absolute atomic E-state index is 0.0209. The zero-order valence-corrected chi connectivity index (χ0v) is 13.2. The van der Waals surface area contributed by atoms with Gasteiger partial charge in [-0.25, -0.2) is 8.42 Å². The molecule has 2 rings (SSSR count). The van der Waals surface area contributed by atoms with Crippen LogP contribution in [0.2, 0.25) is 0 Å². The topological polar surface area (TPSA) is 68.5 Å². The van der Waals surface area contributed by atoms with E-state index >= 15 is 0 Å². The van der Waals surface area contributed by atoms with Crippen LogP contribution in [0.5, 0.6) is 0 Å². The van der Waals surface area contributed by atoms with Gasteiger partial charge < -0.3 is 14.5 Å². The largest absolute Gasteiger partial charge is 0.459 e. The normalized spacial score (nSPS) is 13.6. The minimum atomic E-state index is -3.15. The molecule has 2 aromatic rings. The van der Waals surface area contributed by atoms with Crippen molar-refractivity contribution in [1.29, 1.82) is 0 Å². The molecule has 1 N–H and O–H groups in total. The number of para-hydroxylation sites is 1. The van der Waals surface area contributed by atoms with Crippen LogP contribution in [0, 0.1) is 0 Å². The van der Waals surface area contributed by atoms with Gasteiger partial charge in [0.05, 0.1) is 17.5 Å². The zero-order chi connectivity index (χ0) is 15.3. The van der Waals surface area contributed by atoms with Crippen molar-refractivity contribution < 1.29 is 17.6 Å². The molecule has 0 aliphatic rings. The van der Waals surface area contributed by atoms with E-state index in [9.17, 15) is 8.42 Å². The van der Waals surface area contributed by atoms with Crippen molar-refractivity contribution in [2.75, 3.05) is 32.3 Å². The molecular weight excluding hydrogens is 290 g/mol. The second kappa shape index (κ2) is 7.06. The molecule has 1 aromatic carbocycles. The first-order chi connectivity index (χ1) is 10.1. The van der Waals surface area contributed by atoms with E-state index in [-0.39, 0.29) is 17.5 Å². The van der Waals surface area contributed by atoms with E-state index in [2.05, 4.69) is 5.32 Å². The van der Waals surface area contributed by atoms with Crippen molar-refractivity contribution in [3.63, 3.8) is 0 Å². The lowest BCUT2D eigenvalue weighted by molar-refractivity contribution is 0.199. The van der Waals surface area contributed by atoms with Gasteiger partial charge in [0.25, 0.3) is 0 Å². The van der Waals surface area contributed by atoms with E-state index in [0.29, 0.717) is 18.8 Å². The molecule has 0 aliphatic heterocycles. The quantitative estimate of drug-likeness (QED) is 0.757. The number of fused-ring (bicyclic) bond motifs is 1. The van der Waals surface area contributed by atoms with E-state index in [1.807, 2.05) is 30.3 Å². The number of hydrogen-bond acceptors (Lipinski definition) is 5. The number of sulfone groups is 1. The Morgan fingerprint density at radius 2 is 2.10 bits per heavy atom. The summed E-state index contributed by atoms with van der Waals surface area (Å²) in [6.45, 7) is 0.452. The number of methoxy groups -OCH3 is 1. The fourth-order valence-corrected chi connectivity index (χ4v) is 3.81. The van der Waals surface area contributed by atoms with Crippen LogP contribution in [0.3, 0.4) is 0 Å². The fraction of sp³-hybridized carbons (Fsp3) is 0.467. The molecule has 1 unspecified atom stereocenters. The van der Waals surface area contributed by atoms with Crippen LogP contribution in [0.1, 0.15) is 18.2 Å². The van der Waals surface area contributed by atoms with Crippen LogP contribution >= 0.6 is 0 Å². The van der Waals surface area contributed by atoms with Gasteiger partial charge in [-0.05, 0) is 25.6 Å². The second-order valence-corrected chi connectivity index (χ2v) is 7.22. The average molecular weight is 311 g/mol. The lowest BCUT2D eigenvalue weighted by Crippen LogP contribution is -2.26. The van der Waals surface area contributed by atoms with Crippen LogP contribution in [-0.2, 0) is 14.6 Å². The molecule has 6 heteroatoms. The molecule has 116 valence electrons. The van der Waals surface area contributed by atoms with Crippen LogP contribution < -0.4 is 5.32 Å². The molecule has 0 amide bonds. The highest BCUT2D eigenvalue weighted by Gasteiger charge is 2.22. The first-order valence-electron chi connectivity index (χ1n) is 6.91. The summed E-state index contributed by atoms with van der Waals surface area (Å²) in [6.07, 6.45) is 0.509. The van der Waals surface area contributed by atoms with Gasteiger partial charge in [0.2, 0.25) is 0 Å². The maximum atomic E-state index is 12.1. The van der Waals surface area contributed by atoms with Gasteiger partial charge in [0.1, 0.15) is 11.3 Å². The van der Waals surface area contributed by atoms with Gasteiger partial charge in [-0.1, -0.05) is 18.2 Å². The van der Waals surface area contributed by atoms with E-state index in [1.165, 1.54) is 0 Å². The summed E-state index contributed by atoms with van der Waals surface area (Å²) in [5.41, 5.74) is 0.768. The molecule has 0 saturated heterocycles. The molecule has 0 aliphatic carbocycles. The summed E-state index contributed by atoms with van der Waals surface area (Å²) in [7, 11) is 0.152. The Bertz CT molecular complexity index is 645. The number of benzene rings is 1. The molecule has 1 heterocycles. The third-order valence-electron chi connectivity index (χ3n) is 3.36. The van der Waals surface area contributed by atoms with Gasteiger partial charge in [-0.2, -0.15) is 0 Å². The maximum Gasteiger partial charge on any atom is 0.152 e. The molecule has 1 aromatic heterocycles. The fourth-order valence-electron chi connectivity index (χ4n) is 2.24. The van der Waals surface area contributed by atoms with Crippen molar-refractivity contribution in [3.05, 3.63) is 36.1 Å². The number of nitrogens with one attached hydrogen (secondary N) is 1. The maximum absolute atomic E-state index is 12.1. The summed E-state index contributed by atoms with van der Waals surface area (Å²) in [6, 6.07) is 9.19. The molecule has 0 bridgehead atoms. The highest BCUT2D eigenvalue weighted by atomic mass is 32.2. The molecule has 21 heavy (non-hydrogen) atoms. The first-order valence-corrected chi connectivity index (χ1v) is 8.73. The first kappa shape index (κ1) is 16.0. The molecule has 0 spiro atoms. The molecule has 1 atom stereocenters. The van der Waals surface area contributed by atoms with Gasteiger partial charge >= 0.3 is 0 Å². The number of hydrogen-bond donors (Lipinski definition) is 1. The average Bonchev–Trinajstić information content (AvgIpc) is 2.88. The third-order valence-corrected chi connectivity index (χ3v) is 5.11. The minimum Gasteiger partial charge on any atom is -0.459 e. The predicted octanol–water partition coefficient (Wildman–Crippen LogP) is 2.14. The Morgan fingerprint density at radius 1 is 1.33 bits per heavy atom. The van der Waals surface area contributed by atoms with Crippen LogP contribution in [-0.4, -0.2) is 40.7 Å². The summed E-state index contributed by atoms with van der Waals surface area (Å²) in [5, 5.41) is 4.00. The lowest BCUT2D eigenvalue weighted by atomic mass is 10.2. The zero-order valence-electron chi connectivity index (χ0n) is 12.3. The number of furan rings is 1. The highest BCUT2D eigenvalue weighted by Crippen LogP contribution is 2.24. The molecular formula is C15H21NO4S. The third kappa shape index (κ3) is 4.30.